The predicted molar refractivity (Wildman–Crippen MR) is 60.4 cm³/mol. The van der Waals surface area contributed by atoms with Gasteiger partial charge < -0.3 is 13.9 Å². The molecule has 1 atom stereocenters. The van der Waals surface area contributed by atoms with Crippen LogP contribution in [0.5, 0.6) is 0 Å². The van der Waals surface area contributed by atoms with Crippen molar-refractivity contribution >= 4 is 17.6 Å². The third kappa shape index (κ3) is 4.82. The van der Waals surface area contributed by atoms with E-state index in [0.717, 1.165) is 31.9 Å². The first-order chi connectivity index (χ1) is 7.42. The fraction of sp³-hybridized carbons (Fsp3) is 1.00. The fourth-order valence-corrected chi connectivity index (χ4v) is 2.30. The smallest absolute Gasteiger partial charge is 0.323 e. The first-order valence-electron chi connectivity index (χ1n) is 5.35. The van der Waals surface area contributed by atoms with Crippen molar-refractivity contribution in [2.45, 2.75) is 37.8 Å². The van der Waals surface area contributed by atoms with E-state index >= 15 is 0 Å². The van der Waals surface area contributed by atoms with Gasteiger partial charge in [0.05, 0.1) is 6.26 Å². The van der Waals surface area contributed by atoms with Gasteiger partial charge in [-0.3, -0.25) is 0 Å². The summed E-state index contributed by atoms with van der Waals surface area (Å²) >= 11 is 0. The minimum absolute atomic E-state index is 0.146. The maximum atomic E-state index is 10.8. The first kappa shape index (κ1) is 14.0. The molecule has 0 unspecified atom stereocenters. The van der Waals surface area contributed by atoms with Crippen LogP contribution in [0.25, 0.3) is 0 Å². The van der Waals surface area contributed by atoms with Gasteiger partial charge in [-0.1, -0.05) is 12.8 Å². The second-order valence-corrected chi connectivity index (χ2v) is 5.84. The molecule has 0 aliphatic heterocycles. The van der Waals surface area contributed by atoms with Gasteiger partial charge in [-0.05, 0) is 18.7 Å². The lowest BCUT2D eigenvalue weighted by Gasteiger charge is -2.29. The second kappa shape index (κ2) is 6.00. The Morgan fingerprint density at radius 3 is 2.31 bits per heavy atom. The van der Waals surface area contributed by atoms with Crippen LogP contribution in [0, 0.1) is 5.92 Å². The summed E-state index contributed by atoms with van der Waals surface area (Å²) in [7, 11) is -0.512. The van der Waals surface area contributed by atoms with Crippen LogP contribution < -0.4 is 0 Å². The maximum Gasteiger partial charge on any atom is 0.323 e. The van der Waals surface area contributed by atoms with Crippen molar-refractivity contribution in [3.05, 3.63) is 0 Å². The van der Waals surface area contributed by atoms with Crippen LogP contribution in [-0.2, 0) is 19.0 Å². The van der Waals surface area contributed by atoms with Crippen molar-refractivity contribution in [2.75, 3.05) is 13.4 Å². The standard InChI is InChI=1S/C9H18BO5S/c1-14-9(11)7-3-5-8(6-4-7)10-15-16(2,12)13/h7-9,11H,3-6H2,1-2H3/t7?,8?,9-/m0/s1. The molecular formula is C9H18BO5S. The Bertz CT molecular complexity index is 297. The SMILES string of the molecule is CO[C@H](O)C1CCC([B]OS(C)(=O)=O)CC1. The number of hydrogen-bond donors (Lipinski definition) is 1. The Morgan fingerprint density at radius 1 is 1.31 bits per heavy atom. The maximum absolute atomic E-state index is 10.8. The van der Waals surface area contributed by atoms with E-state index in [2.05, 4.69) is 4.10 Å². The molecule has 0 bridgehead atoms. The highest BCUT2D eigenvalue weighted by Crippen LogP contribution is 2.34. The molecule has 5 nitrogen and oxygen atoms in total. The quantitative estimate of drug-likeness (QED) is 0.568. The Kier molecular flexibility index (Phi) is 5.23. The highest BCUT2D eigenvalue weighted by Gasteiger charge is 2.28. The van der Waals surface area contributed by atoms with Crippen molar-refractivity contribution in [3.8, 4) is 0 Å². The number of hydrogen-bond acceptors (Lipinski definition) is 5. The lowest BCUT2D eigenvalue weighted by atomic mass is 9.68. The van der Waals surface area contributed by atoms with Crippen molar-refractivity contribution in [1.29, 1.82) is 0 Å². The summed E-state index contributed by atoms with van der Waals surface area (Å²) in [5.74, 6) is 0.294. The van der Waals surface area contributed by atoms with Crippen LogP contribution in [0.15, 0.2) is 0 Å². The molecular weight excluding hydrogens is 231 g/mol. The molecule has 0 heterocycles. The van der Waals surface area contributed by atoms with Gasteiger partial charge in [-0.2, -0.15) is 0 Å². The molecule has 1 fully saturated rings. The Morgan fingerprint density at radius 2 is 1.88 bits per heavy atom. The van der Waals surface area contributed by atoms with E-state index in [1.54, 1.807) is 0 Å². The molecule has 1 N–H and O–H groups in total. The van der Waals surface area contributed by atoms with E-state index < -0.39 is 16.4 Å². The van der Waals surface area contributed by atoms with Gasteiger partial charge in [0, 0.05) is 13.0 Å². The van der Waals surface area contributed by atoms with Crippen molar-refractivity contribution < 1.29 is 22.4 Å². The number of ether oxygens (including phenoxy) is 1. The van der Waals surface area contributed by atoms with Gasteiger partial charge in [0.25, 0.3) is 0 Å². The van der Waals surface area contributed by atoms with Gasteiger partial charge in [-0.15, -0.1) is 0 Å². The number of aliphatic hydroxyl groups is 1. The van der Waals surface area contributed by atoms with Crippen LogP contribution in [0.2, 0.25) is 5.82 Å². The molecule has 1 radical (unpaired) electrons. The zero-order chi connectivity index (χ0) is 12.2. The summed E-state index contributed by atoms with van der Waals surface area (Å²) < 4.78 is 31.1. The molecule has 0 aromatic rings. The molecule has 1 aliphatic carbocycles. The van der Waals surface area contributed by atoms with E-state index in [4.69, 9.17) is 4.74 Å². The predicted octanol–water partition coefficient (Wildman–Crippen LogP) is 0.525. The average Bonchev–Trinajstić information content (AvgIpc) is 2.25. The van der Waals surface area contributed by atoms with Gasteiger partial charge in [-0.25, -0.2) is 8.42 Å². The van der Waals surface area contributed by atoms with Crippen LogP contribution in [-0.4, -0.2) is 40.7 Å². The van der Waals surface area contributed by atoms with E-state index in [-0.39, 0.29) is 11.7 Å². The Hall–Kier alpha value is -0.105. The minimum Gasteiger partial charge on any atom is -0.368 e. The van der Waals surface area contributed by atoms with Crippen molar-refractivity contribution in [3.63, 3.8) is 0 Å². The summed E-state index contributed by atoms with van der Waals surface area (Å²) in [6.07, 6.45) is 3.61. The van der Waals surface area contributed by atoms with Gasteiger partial charge in [0.1, 0.15) is 0 Å². The van der Waals surface area contributed by atoms with E-state index in [0.29, 0.717) is 0 Å². The highest BCUT2D eigenvalue weighted by atomic mass is 32.2. The van der Waals surface area contributed by atoms with Crippen LogP contribution in [0.1, 0.15) is 25.7 Å². The molecule has 1 aliphatic rings. The minimum atomic E-state index is -3.39. The van der Waals surface area contributed by atoms with Crippen LogP contribution in [0.4, 0.5) is 0 Å². The summed E-state index contributed by atoms with van der Waals surface area (Å²) in [5, 5.41) is 9.47. The monoisotopic (exact) mass is 249 g/mol. The number of aliphatic hydroxyl groups excluding tert-OH is 1. The number of rotatable bonds is 5. The zero-order valence-corrected chi connectivity index (χ0v) is 10.4. The Balaban J connectivity index is 2.27. The van der Waals surface area contributed by atoms with Gasteiger partial charge in [0.2, 0.25) is 10.1 Å². The molecule has 1 rings (SSSR count). The number of methoxy groups -OCH3 is 1. The topological polar surface area (TPSA) is 72.8 Å². The fourth-order valence-electron chi connectivity index (χ4n) is 1.94. The first-order valence-corrected chi connectivity index (χ1v) is 7.16. The third-order valence-corrected chi connectivity index (χ3v) is 3.34. The second-order valence-electron chi connectivity index (χ2n) is 4.24. The highest BCUT2D eigenvalue weighted by molar-refractivity contribution is 7.86. The molecule has 16 heavy (non-hydrogen) atoms. The van der Waals surface area contributed by atoms with E-state index in [1.807, 2.05) is 0 Å². The normalized spacial score (nSPS) is 28.7. The van der Waals surface area contributed by atoms with Gasteiger partial charge >= 0.3 is 7.48 Å². The third-order valence-electron chi connectivity index (χ3n) is 2.88. The zero-order valence-electron chi connectivity index (χ0n) is 9.63. The molecule has 0 amide bonds. The lowest BCUT2D eigenvalue weighted by molar-refractivity contribution is -0.120. The van der Waals surface area contributed by atoms with Crippen molar-refractivity contribution in [1.82, 2.24) is 0 Å². The summed E-state index contributed by atoms with van der Waals surface area (Å²) in [6, 6.07) is 0. The molecule has 0 aromatic heterocycles. The molecule has 0 saturated heterocycles. The van der Waals surface area contributed by atoms with E-state index in [9.17, 15) is 13.5 Å². The Labute approximate surface area is 97.5 Å². The van der Waals surface area contributed by atoms with Gasteiger partial charge in [0.15, 0.2) is 6.29 Å². The molecule has 1 saturated carbocycles. The lowest BCUT2D eigenvalue weighted by Crippen LogP contribution is -2.27. The van der Waals surface area contributed by atoms with E-state index in [1.165, 1.54) is 14.6 Å². The summed E-state index contributed by atoms with van der Waals surface area (Å²) in [5.41, 5.74) is 0. The van der Waals surface area contributed by atoms with Crippen molar-refractivity contribution in [2.24, 2.45) is 5.92 Å². The molecule has 0 aromatic carbocycles. The summed E-state index contributed by atoms with van der Waals surface area (Å²) in [4.78, 5) is 0. The van der Waals surface area contributed by atoms with Crippen LogP contribution in [0.3, 0.4) is 0 Å². The molecule has 7 heteroatoms. The average molecular weight is 249 g/mol. The molecule has 93 valence electrons. The largest absolute Gasteiger partial charge is 0.368 e. The molecule has 0 spiro atoms. The van der Waals surface area contributed by atoms with Crippen LogP contribution >= 0.6 is 0 Å². The summed E-state index contributed by atoms with van der Waals surface area (Å²) in [6.45, 7) is 0.